The Labute approximate surface area is 176 Å². The number of rotatable bonds is 6. The van der Waals surface area contributed by atoms with Crippen LogP contribution in [0.2, 0.25) is 0 Å². The van der Waals surface area contributed by atoms with Crippen molar-refractivity contribution >= 4 is 37.6 Å². The number of hydrogen-bond acceptors (Lipinski definition) is 4. The molecule has 3 aromatic rings. The third-order valence-corrected chi connectivity index (χ3v) is 6.42. The van der Waals surface area contributed by atoms with Crippen LogP contribution in [-0.4, -0.2) is 14.4 Å². The molecule has 0 fully saturated rings. The standard InChI is InChI=1S/C21H17BrFNO4S/c1-14-18(22)11-12-19(24-29(26,27)17-9-7-16(23)8-10-17)20(14)21(25)28-13-15-5-3-2-4-6-15/h2-12,24H,13H2,1H3. The fourth-order valence-electron chi connectivity index (χ4n) is 2.65. The van der Waals surface area contributed by atoms with Gasteiger partial charge in [0.25, 0.3) is 10.0 Å². The van der Waals surface area contributed by atoms with Gasteiger partial charge in [-0.05, 0) is 54.4 Å². The van der Waals surface area contributed by atoms with Crippen LogP contribution < -0.4 is 4.72 Å². The van der Waals surface area contributed by atoms with Crippen molar-refractivity contribution in [2.24, 2.45) is 0 Å². The molecule has 0 heterocycles. The zero-order chi connectivity index (χ0) is 21.0. The van der Waals surface area contributed by atoms with Crippen LogP contribution in [0, 0.1) is 12.7 Å². The van der Waals surface area contributed by atoms with Gasteiger partial charge in [0.2, 0.25) is 0 Å². The van der Waals surface area contributed by atoms with Crippen molar-refractivity contribution in [3.63, 3.8) is 0 Å². The van der Waals surface area contributed by atoms with E-state index in [1.54, 1.807) is 13.0 Å². The van der Waals surface area contributed by atoms with Gasteiger partial charge in [0.15, 0.2) is 0 Å². The van der Waals surface area contributed by atoms with Crippen LogP contribution in [-0.2, 0) is 21.4 Å². The van der Waals surface area contributed by atoms with Crippen LogP contribution in [0.25, 0.3) is 0 Å². The predicted octanol–water partition coefficient (Wildman–Crippen LogP) is 5.05. The number of carbonyl (C=O) groups is 1. The predicted molar refractivity (Wildman–Crippen MR) is 112 cm³/mol. The second-order valence-corrected chi connectivity index (χ2v) is 8.75. The summed E-state index contributed by atoms with van der Waals surface area (Å²) in [4.78, 5) is 12.6. The van der Waals surface area contributed by atoms with E-state index in [-0.39, 0.29) is 22.8 Å². The second-order valence-electron chi connectivity index (χ2n) is 6.22. The first-order valence-corrected chi connectivity index (χ1v) is 10.8. The van der Waals surface area contributed by atoms with E-state index in [1.165, 1.54) is 6.07 Å². The molecule has 0 aliphatic heterocycles. The Morgan fingerprint density at radius 1 is 1.03 bits per heavy atom. The Morgan fingerprint density at radius 3 is 2.34 bits per heavy atom. The second kappa shape index (κ2) is 8.75. The van der Waals surface area contributed by atoms with Crippen molar-refractivity contribution in [3.05, 3.63) is 93.7 Å². The molecular formula is C21H17BrFNO4S. The van der Waals surface area contributed by atoms with Gasteiger partial charge in [0.05, 0.1) is 16.1 Å². The van der Waals surface area contributed by atoms with Crippen molar-refractivity contribution in [1.29, 1.82) is 0 Å². The Hall–Kier alpha value is -2.71. The lowest BCUT2D eigenvalue weighted by Crippen LogP contribution is -2.17. The van der Waals surface area contributed by atoms with E-state index in [4.69, 9.17) is 4.74 Å². The Kier molecular flexibility index (Phi) is 6.34. The summed E-state index contributed by atoms with van der Waals surface area (Å²) in [6.07, 6.45) is 0. The average molecular weight is 478 g/mol. The van der Waals surface area contributed by atoms with Crippen LogP contribution in [0.3, 0.4) is 0 Å². The van der Waals surface area contributed by atoms with E-state index < -0.39 is 21.8 Å². The van der Waals surface area contributed by atoms with Crippen molar-refractivity contribution in [2.45, 2.75) is 18.4 Å². The number of sulfonamides is 1. The molecule has 0 atom stereocenters. The molecule has 0 unspecified atom stereocenters. The third-order valence-electron chi connectivity index (χ3n) is 4.18. The summed E-state index contributed by atoms with van der Waals surface area (Å²) in [5, 5.41) is 0. The zero-order valence-corrected chi connectivity index (χ0v) is 17.8. The lowest BCUT2D eigenvalue weighted by Gasteiger charge is -2.15. The first kappa shape index (κ1) is 21.0. The van der Waals surface area contributed by atoms with E-state index >= 15 is 0 Å². The van der Waals surface area contributed by atoms with Crippen molar-refractivity contribution in [3.8, 4) is 0 Å². The van der Waals surface area contributed by atoms with E-state index in [9.17, 15) is 17.6 Å². The van der Waals surface area contributed by atoms with Gasteiger partial charge in [-0.2, -0.15) is 0 Å². The van der Waals surface area contributed by atoms with Gasteiger partial charge in [-0.15, -0.1) is 0 Å². The van der Waals surface area contributed by atoms with E-state index in [0.29, 0.717) is 10.0 Å². The van der Waals surface area contributed by atoms with Gasteiger partial charge in [-0.3, -0.25) is 4.72 Å². The number of benzene rings is 3. The monoisotopic (exact) mass is 477 g/mol. The third kappa shape index (κ3) is 5.02. The topological polar surface area (TPSA) is 72.5 Å². The molecule has 0 bridgehead atoms. The number of nitrogens with one attached hydrogen (secondary N) is 1. The van der Waals surface area contributed by atoms with Crippen LogP contribution in [0.15, 0.2) is 76.1 Å². The molecule has 5 nitrogen and oxygen atoms in total. The van der Waals surface area contributed by atoms with Gasteiger partial charge in [-0.25, -0.2) is 17.6 Å². The molecule has 150 valence electrons. The smallest absolute Gasteiger partial charge is 0.340 e. The minimum atomic E-state index is -4.02. The molecule has 0 amide bonds. The van der Waals surface area contributed by atoms with Crippen LogP contribution in [0.1, 0.15) is 21.5 Å². The highest BCUT2D eigenvalue weighted by Gasteiger charge is 2.23. The highest BCUT2D eigenvalue weighted by atomic mass is 79.9. The lowest BCUT2D eigenvalue weighted by atomic mass is 10.1. The molecule has 0 radical (unpaired) electrons. The van der Waals surface area contributed by atoms with E-state index in [2.05, 4.69) is 20.7 Å². The van der Waals surface area contributed by atoms with Gasteiger partial charge in [0, 0.05) is 4.47 Å². The van der Waals surface area contributed by atoms with Crippen LogP contribution in [0.4, 0.5) is 10.1 Å². The first-order chi connectivity index (χ1) is 13.8. The summed E-state index contributed by atoms with van der Waals surface area (Å²) in [6, 6.07) is 16.7. The normalized spacial score (nSPS) is 11.1. The Bertz CT molecular complexity index is 1130. The maximum absolute atomic E-state index is 13.1. The molecule has 29 heavy (non-hydrogen) atoms. The van der Waals surface area contributed by atoms with Crippen LogP contribution in [0.5, 0.6) is 0 Å². The van der Waals surface area contributed by atoms with Gasteiger partial charge in [-0.1, -0.05) is 46.3 Å². The van der Waals surface area contributed by atoms with E-state index in [1.807, 2.05) is 30.3 Å². The fourth-order valence-corrected chi connectivity index (χ4v) is 4.05. The summed E-state index contributed by atoms with van der Waals surface area (Å²) in [5.74, 6) is -1.21. The quantitative estimate of drug-likeness (QED) is 0.503. The molecule has 0 aliphatic carbocycles. The number of anilines is 1. The SMILES string of the molecule is Cc1c(Br)ccc(NS(=O)(=O)c2ccc(F)cc2)c1C(=O)OCc1ccccc1. The average Bonchev–Trinajstić information content (AvgIpc) is 2.70. The summed E-state index contributed by atoms with van der Waals surface area (Å²) in [6.45, 7) is 1.73. The number of carbonyl (C=O) groups excluding carboxylic acids is 1. The van der Waals surface area contributed by atoms with Crippen molar-refractivity contribution < 1.29 is 22.3 Å². The first-order valence-electron chi connectivity index (χ1n) is 8.56. The molecule has 0 aromatic heterocycles. The zero-order valence-electron chi connectivity index (χ0n) is 15.4. The van der Waals surface area contributed by atoms with Gasteiger partial charge in [0.1, 0.15) is 12.4 Å². The molecule has 3 aromatic carbocycles. The molecule has 3 rings (SSSR count). The summed E-state index contributed by atoms with van der Waals surface area (Å²) in [7, 11) is -4.02. The van der Waals surface area contributed by atoms with Crippen molar-refractivity contribution in [2.75, 3.05) is 4.72 Å². The number of ether oxygens (including phenoxy) is 1. The molecule has 0 saturated carbocycles. The molecule has 8 heteroatoms. The Balaban J connectivity index is 1.90. The lowest BCUT2D eigenvalue weighted by molar-refractivity contribution is 0.0473. The van der Waals surface area contributed by atoms with Crippen molar-refractivity contribution in [1.82, 2.24) is 0 Å². The highest BCUT2D eigenvalue weighted by Crippen LogP contribution is 2.29. The molecular weight excluding hydrogens is 461 g/mol. The minimum absolute atomic E-state index is 0.0514. The summed E-state index contributed by atoms with van der Waals surface area (Å²) in [5.41, 5.74) is 1.51. The largest absolute Gasteiger partial charge is 0.457 e. The Morgan fingerprint density at radius 2 is 1.69 bits per heavy atom. The molecule has 0 aliphatic rings. The fraction of sp³-hybridized carbons (Fsp3) is 0.0952. The molecule has 0 spiro atoms. The number of esters is 1. The van der Waals surface area contributed by atoms with Crippen LogP contribution >= 0.6 is 15.9 Å². The maximum atomic E-state index is 13.1. The summed E-state index contributed by atoms with van der Waals surface area (Å²) < 4.78 is 46.9. The molecule has 0 saturated heterocycles. The van der Waals surface area contributed by atoms with Gasteiger partial charge >= 0.3 is 5.97 Å². The summed E-state index contributed by atoms with van der Waals surface area (Å²) >= 11 is 3.35. The number of hydrogen-bond donors (Lipinski definition) is 1. The highest BCUT2D eigenvalue weighted by molar-refractivity contribution is 9.10. The number of halogens is 2. The minimum Gasteiger partial charge on any atom is -0.457 e. The van der Waals surface area contributed by atoms with E-state index in [0.717, 1.165) is 29.8 Å². The maximum Gasteiger partial charge on any atom is 0.340 e. The van der Waals surface area contributed by atoms with Gasteiger partial charge < -0.3 is 4.74 Å². The molecule has 1 N–H and O–H groups in total.